The van der Waals surface area contributed by atoms with E-state index >= 15 is 0 Å². The Morgan fingerprint density at radius 1 is 1.20 bits per heavy atom. The number of hydrogen-bond donors (Lipinski definition) is 1. The first-order valence-electron chi connectivity index (χ1n) is 7.80. The molecule has 1 aliphatic carbocycles. The van der Waals surface area contributed by atoms with Crippen LogP contribution < -0.4 is 15.2 Å². The van der Waals surface area contributed by atoms with Gasteiger partial charge in [-0.05, 0) is 56.2 Å². The normalized spacial score (nSPS) is 22.6. The lowest BCUT2D eigenvalue weighted by Gasteiger charge is -2.29. The molecule has 0 aromatic heterocycles. The maximum absolute atomic E-state index is 6.24. The van der Waals surface area contributed by atoms with Crippen molar-refractivity contribution in [1.82, 2.24) is 0 Å². The molecular weight excluding hydrogens is 250 g/mol. The van der Waals surface area contributed by atoms with Gasteiger partial charge in [-0.2, -0.15) is 0 Å². The van der Waals surface area contributed by atoms with Crippen LogP contribution in [0.1, 0.15) is 44.6 Å². The molecule has 0 spiro atoms. The standard InChI is InChI=1S/C17H27NO2/c1-3-13-4-7-15(8-5-13)20-17-12-16(19-2)9-6-14(17)10-11-18/h6,9,12-13,15H,3-5,7-8,10-11,18H2,1-2H3. The van der Waals surface area contributed by atoms with Crippen molar-refractivity contribution in [3.8, 4) is 11.5 Å². The largest absolute Gasteiger partial charge is 0.497 e. The van der Waals surface area contributed by atoms with Crippen LogP contribution >= 0.6 is 0 Å². The van der Waals surface area contributed by atoms with Gasteiger partial charge in [-0.25, -0.2) is 0 Å². The fourth-order valence-electron chi connectivity index (χ4n) is 2.97. The Morgan fingerprint density at radius 3 is 2.55 bits per heavy atom. The predicted molar refractivity (Wildman–Crippen MR) is 82.4 cm³/mol. The summed E-state index contributed by atoms with van der Waals surface area (Å²) in [6, 6.07) is 6.04. The lowest BCUT2D eigenvalue weighted by Crippen LogP contribution is -2.24. The van der Waals surface area contributed by atoms with E-state index in [-0.39, 0.29) is 0 Å². The van der Waals surface area contributed by atoms with E-state index in [0.717, 1.165) is 36.7 Å². The highest BCUT2D eigenvalue weighted by Gasteiger charge is 2.22. The van der Waals surface area contributed by atoms with Crippen LogP contribution in [-0.4, -0.2) is 19.8 Å². The zero-order chi connectivity index (χ0) is 14.4. The molecule has 0 atom stereocenters. The first-order valence-corrected chi connectivity index (χ1v) is 7.80. The zero-order valence-electron chi connectivity index (χ0n) is 12.7. The van der Waals surface area contributed by atoms with Crippen LogP contribution in [0.5, 0.6) is 11.5 Å². The van der Waals surface area contributed by atoms with Crippen LogP contribution in [0.4, 0.5) is 0 Å². The van der Waals surface area contributed by atoms with Gasteiger partial charge in [0, 0.05) is 6.07 Å². The summed E-state index contributed by atoms with van der Waals surface area (Å²) >= 11 is 0. The maximum atomic E-state index is 6.24. The highest BCUT2D eigenvalue weighted by Crippen LogP contribution is 2.32. The van der Waals surface area contributed by atoms with E-state index in [1.165, 1.54) is 24.8 Å². The highest BCUT2D eigenvalue weighted by molar-refractivity contribution is 5.41. The molecule has 1 saturated carbocycles. The van der Waals surface area contributed by atoms with Gasteiger partial charge in [-0.15, -0.1) is 0 Å². The van der Waals surface area contributed by atoms with Crippen molar-refractivity contribution in [2.24, 2.45) is 11.7 Å². The number of rotatable bonds is 6. The average Bonchev–Trinajstić information content (AvgIpc) is 2.50. The van der Waals surface area contributed by atoms with E-state index < -0.39 is 0 Å². The van der Waals surface area contributed by atoms with Crippen molar-refractivity contribution in [2.75, 3.05) is 13.7 Å². The van der Waals surface area contributed by atoms with E-state index in [1.807, 2.05) is 12.1 Å². The molecule has 2 rings (SSSR count). The van der Waals surface area contributed by atoms with E-state index in [4.69, 9.17) is 15.2 Å². The van der Waals surface area contributed by atoms with Gasteiger partial charge >= 0.3 is 0 Å². The first-order chi connectivity index (χ1) is 9.76. The van der Waals surface area contributed by atoms with Gasteiger partial charge in [0.05, 0.1) is 13.2 Å². The van der Waals surface area contributed by atoms with Crippen LogP contribution in [0.3, 0.4) is 0 Å². The molecule has 20 heavy (non-hydrogen) atoms. The second kappa shape index (κ2) is 7.53. The van der Waals surface area contributed by atoms with Crippen LogP contribution in [0.15, 0.2) is 18.2 Å². The third-order valence-corrected chi connectivity index (χ3v) is 4.35. The second-order valence-corrected chi connectivity index (χ2v) is 5.68. The summed E-state index contributed by atoms with van der Waals surface area (Å²) in [5.74, 6) is 2.70. The molecule has 1 aromatic carbocycles. The third-order valence-electron chi connectivity index (χ3n) is 4.35. The molecule has 3 heteroatoms. The Balaban J connectivity index is 2.03. The van der Waals surface area contributed by atoms with Gasteiger partial charge in [0.2, 0.25) is 0 Å². The molecule has 3 nitrogen and oxygen atoms in total. The molecule has 1 fully saturated rings. The van der Waals surface area contributed by atoms with E-state index in [0.29, 0.717) is 12.6 Å². The lowest BCUT2D eigenvalue weighted by atomic mass is 9.86. The van der Waals surface area contributed by atoms with Gasteiger partial charge in [0.25, 0.3) is 0 Å². The van der Waals surface area contributed by atoms with Crippen LogP contribution in [0.2, 0.25) is 0 Å². The Kier molecular flexibility index (Phi) is 5.72. The van der Waals surface area contributed by atoms with Crippen molar-refractivity contribution < 1.29 is 9.47 Å². The fraction of sp³-hybridized carbons (Fsp3) is 0.647. The minimum absolute atomic E-state index is 0.349. The van der Waals surface area contributed by atoms with Crippen LogP contribution in [-0.2, 0) is 6.42 Å². The van der Waals surface area contributed by atoms with Gasteiger partial charge in [0.1, 0.15) is 11.5 Å². The number of ether oxygens (including phenoxy) is 2. The highest BCUT2D eigenvalue weighted by atomic mass is 16.5. The molecule has 2 N–H and O–H groups in total. The van der Waals surface area contributed by atoms with Crippen LogP contribution in [0.25, 0.3) is 0 Å². The maximum Gasteiger partial charge on any atom is 0.126 e. The minimum atomic E-state index is 0.349. The van der Waals surface area contributed by atoms with Crippen molar-refractivity contribution in [2.45, 2.75) is 51.6 Å². The molecule has 0 amide bonds. The smallest absolute Gasteiger partial charge is 0.126 e. The summed E-state index contributed by atoms with van der Waals surface area (Å²) in [5, 5.41) is 0. The van der Waals surface area contributed by atoms with Gasteiger partial charge in [0.15, 0.2) is 0 Å². The van der Waals surface area contributed by atoms with Crippen molar-refractivity contribution >= 4 is 0 Å². The molecule has 1 aliphatic rings. The molecule has 1 aromatic rings. The Bertz CT molecular complexity index is 411. The molecule has 0 heterocycles. The quantitative estimate of drug-likeness (QED) is 0.865. The van der Waals surface area contributed by atoms with Crippen molar-refractivity contribution in [3.63, 3.8) is 0 Å². The fourth-order valence-corrected chi connectivity index (χ4v) is 2.97. The van der Waals surface area contributed by atoms with Crippen molar-refractivity contribution in [3.05, 3.63) is 23.8 Å². The zero-order valence-corrected chi connectivity index (χ0v) is 12.7. The number of benzene rings is 1. The summed E-state index contributed by atoms with van der Waals surface area (Å²) in [4.78, 5) is 0. The molecule has 0 aliphatic heterocycles. The SMILES string of the molecule is CCC1CCC(Oc2cc(OC)ccc2CCN)CC1. The molecule has 0 bridgehead atoms. The Labute approximate surface area is 122 Å². The molecule has 0 saturated heterocycles. The lowest BCUT2D eigenvalue weighted by molar-refractivity contribution is 0.128. The van der Waals surface area contributed by atoms with E-state index in [1.54, 1.807) is 7.11 Å². The summed E-state index contributed by atoms with van der Waals surface area (Å²) in [5.41, 5.74) is 6.87. The molecule has 0 radical (unpaired) electrons. The number of nitrogens with two attached hydrogens (primary N) is 1. The minimum Gasteiger partial charge on any atom is -0.497 e. The number of hydrogen-bond acceptors (Lipinski definition) is 3. The van der Waals surface area contributed by atoms with Crippen LogP contribution in [0, 0.1) is 5.92 Å². The Hall–Kier alpha value is -1.22. The van der Waals surface area contributed by atoms with Gasteiger partial charge in [-0.3, -0.25) is 0 Å². The molecule has 112 valence electrons. The summed E-state index contributed by atoms with van der Waals surface area (Å²) in [7, 11) is 1.69. The predicted octanol–water partition coefficient (Wildman–Crippen LogP) is 3.54. The monoisotopic (exact) mass is 277 g/mol. The number of methoxy groups -OCH3 is 1. The topological polar surface area (TPSA) is 44.5 Å². The molecule has 0 unspecified atom stereocenters. The summed E-state index contributed by atoms with van der Waals surface area (Å²) in [6.07, 6.45) is 7.40. The van der Waals surface area contributed by atoms with Gasteiger partial charge in [-0.1, -0.05) is 19.4 Å². The molecular formula is C17H27NO2. The van der Waals surface area contributed by atoms with E-state index in [9.17, 15) is 0 Å². The van der Waals surface area contributed by atoms with Crippen molar-refractivity contribution in [1.29, 1.82) is 0 Å². The Morgan fingerprint density at radius 2 is 1.95 bits per heavy atom. The van der Waals surface area contributed by atoms with E-state index in [2.05, 4.69) is 13.0 Å². The third kappa shape index (κ3) is 3.89. The second-order valence-electron chi connectivity index (χ2n) is 5.68. The summed E-state index contributed by atoms with van der Waals surface area (Å²) in [6.45, 7) is 2.93. The average molecular weight is 277 g/mol. The first kappa shape index (κ1) is 15.2. The summed E-state index contributed by atoms with van der Waals surface area (Å²) < 4.78 is 11.5. The van der Waals surface area contributed by atoms with Gasteiger partial charge < -0.3 is 15.2 Å².